The van der Waals surface area contributed by atoms with E-state index in [2.05, 4.69) is 4.74 Å². The molecule has 0 aliphatic rings. The van der Waals surface area contributed by atoms with Crippen LogP contribution in [-0.2, 0) is 11.3 Å². The van der Waals surface area contributed by atoms with Gasteiger partial charge in [-0.2, -0.15) is 0 Å². The summed E-state index contributed by atoms with van der Waals surface area (Å²) in [6.45, 7) is 1.51. The molecule has 2 aromatic carbocycles. The average molecular weight is 395 g/mol. The van der Waals surface area contributed by atoms with Gasteiger partial charge < -0.3 is 14.4 Å². The van der Waals surface area contributed by atoms with Crippen LogP contribution in [0.4, 0.5) is 17.6 Å². The number of halogens is 4. The molecule has 0 fully saturated rings. The topological polar surface area (TPSA) is 68.5 Å². The Hall–Kier alpha value is -3.36. The number of Topliss-reactive ketones (excluding diaryl/α,β-unsaturated/α-hetero) is 1. The summed E-state index contributed by atoms with van der Waals surface area (Å²) < 4.78 is 56.4. The second-order valence-corrected chi connectivity index (χ2v) is 6.04. The highest BCUT2D eigenvalue weighted by molar-refractivity contribution is 6.42. The van der Waals surface area contributed by atoms with Crippen molar-refractivity contribution in [1.29, 1.82) is 0 Å². The first-order chi connectivity index (χ1) is 13.1. The van der Waals surface area contributed by atoms with Gasteiger partial charge in [0.05, 0.1) is 5.56 Å². The minimum absolute atomic E-state index is 0.0237. The zero-order valence-electron chi connectivity index (χ0n) is 14.4. The molecule has 9 heteroatoms. The number of carboxylic acid groups (broad SMARTS) is 1. The molecule has 0 spiro atoms. The Morgan fingerprint density at radius 3 is 2.50 bits per heavy atom. The maximum absolute atomic E-state index is 13.7. The summed E-state index contributed by atoms with van der Waals surface area (Å²) in [5, 5.41) is 9.17. The van der Waals surface area contributed by atoms with Crippen molar-refractivity contribution in [1.82, 2.24) is 4.57 Å². The van der Waals surface area contributed by atoms with Gasteiger partial charge in [-0.05, 0) is 42.8 Å². The standard InChI is InChI=1S/C19H13F4NO4/c1-10-16(17(25)18(26)27)14-8-12(20)5-6-15(14)24(10)9-11-3-2-4-13(7-11)28-19(21,22)23/h2-8H,9H2,1H3,(H,26,27). The van der Waals surface area contributed by atoms with Crippen molar-refractivity contribution >= 4 is 22.7 Å². The molecule has 5 nitrogen and oxygen atoms in total. The molecule has 0 atom stereocenters. The predicted octanol–water partition coefficient (Wildman–Crippen LogP) is 4.30. The first-order valence-corrected chi connectivity index (χ1v) is 7.97. The van der Waals surface area contributed by atoms with Gasteiger partial charge in [0.25, 0.3) is 5.78 Å². The Balaban J connectivity index is 2.09. The van der Waals surface area contributed by atoms with Crippen LogP contribution in [0.25, 0.3) is 10.9 Å². The van der Waals surface area contributed by atoms with Gasteiger partial charge >= 0.3 is 12.3 Å². The molecule has 1 N–H and O–H groups in total. The van der Waals surface area contributed by atoms with E-state index in [4.69, 9.17) is 5.11 Å². The first-order valence-electron chi connectivity index (χ1n) is 7.97. The molecule has 0 radical (unpaired) electrons. The third-order valence-electron chi connectivity index (χ3n) is 4.18. The fourth-order valence-corrected chi connectivity index (χ4v) is 3.08. The number of benzene rings is 2. The van der Waals surface area contributed by atoms with E-state index in [1.54, 1.807) is 6.07 Å². The Morgan fingerprint density at radius 2 is 1.86 bits per heavy atom. The molecular formula is C19H13F4NO4. The number of ketones is 1. The molecule has 0 aliphatic heterocycles. The van der Waals surface area contributed by atoms with E-state index in [1.807, 2.05) is 0 Å². The van der Waals surface area contributed by atoms with E-state index < -0.39 is 29.7 Å². The second kappa shape index (κ2) is 6.99. The monoisotopic (exact) mass is 395 g/mol. The Labute approximate surface area is 155 Å². The summed E-state index contributed by atoms with van der Waals surface area (Å²) in [4.78, 5) is 23.2. The van der Waals surface area contributed by atoms with Crippen LogP contribution in [0.15, 0.2) is 42.5 Å². The molecule has 3 aromatic rings. The third-order valence-corrected chi connectivity index (χ3v) is 4.18. The summed E-state index contributed by atoms with van der Waals surface area (Å²) in [7, 11) is 0. The lowest BCUT2D eigenvalue weighted by atomic mass is 10.1. The molecule has 0 amide bonds. The third kappa shape index (κ3) is 3.83. The fraction of sp³-hybridized carbons (Fsp3) is 0.158. The van der Waals surface area contributed by atoms with E-state index in [9.17, 15) is 27.2 Å². The number of fused-ring (bicyclic) bond motifs is 1. The van der Waals surface area contributed by atoms with Gasteiger partial charge in [-0.25, -0.2) is 9.18 Å². The Morgan fingerprint density at radius 1 is 1.14 bits per heavy atom. The van der Waals surface area contributed by atoms with Crippen LogP contribution in [0, 0.1) is 12.7 Å². The highest BCUT2D eigenvalue weighted by atomic mass is 19.4. The smallest absolute Gasteiger partial charge is 0.475 e. The summed E-state index contributed by atoms with van der Waals surface area (Å²) in [5.41, 5.74) is 0.894. The first kappa shape index (κ1) is 19.4. The number of carboxylic acids is 1. The molecule has 0 saturated carbocycles. The van der Waals surface area contributed by atoms with Gasteiger partial charge in [0.15, 0.2) is 0 Å². The van der Waals surface area contributed by atoms with Crippen molar-refractivity contribution in [2.45, 2.75) is 19.8 Å². The number of carbonyl (C=O) groups is 2. The molecule has 0 unspecified atom stereocenters. The minimum Gasteiger partial charge on any atom is -0.475 e. The summed E-state index contributed by atoms with van der Waals surface area (Å²) in [6.07, 6.45) is -4.84. The molecule has 3 rings (SSSR count). The maximum atomic E-state index is 13.7. The van der Waals surface area contributed by atoms with Crippen molar-refractivity contribution in [2.24, 2.45) is 0 Å². The van der Waals surface area contributed by atoms with Gasteiger partial charge in [-0.1, -0.05) is 12.1 Å². The largest absolute Gasteiger partial charge is 0.573 e. The Kier molecular flexibility index (Phi) is 4.84. The molecular weight excluding hydrogens is 382 g/mol. The minimum atomic E-state index is -4.84. The Bertz CT molecular complexity index is 1090. The van der Waals surface area contributed by atoms with Gasteiger partial charge in [-0.3, -0.25) is 4.79 Å². The van der Waals surface area contributed by atoms with E-state index in [1.165, 1.54) is 29.7 Å². The molecule has 0 bridgehead atoms. The molecule has 1 aromatic heterocycles. The van der Waals surface area contributed by atoms with Gasteiger partial charge in [0.2, 0.25) is 0 Å². The molecule has 0 saturated heterocycles. The van der Waals surface area contributed by atoms with Crippen LogP contribution < -0.4 is 4.74 Å². The summed E-state index contributed by atoms with van der Waals surface area (Å²) in [5.74, 6) is -3.94. The number of hydrogen-bond acceptors (Lipinski definition) is 3. The van der Waals surface area contributed by atoms with E-state index in [0.717, 1.165) is 18.2 Å². The zero-order valence-corrected chi connectivity index (χ0v) is 14.4. The zero-order chi connectivity index (χ0) is 20.6. The number of aliphatic carboxylic acids is 1. The highest BCUT2D eigenvalue weighted by Crippen LogP contribution is 2.29. The molecule has 146 valence electrons. The number of hydrogen-bond donors (Lipinski definition) is 1. The highest BCUT2D eigenvalue weighted by Gasteiger charge is 2.31. The SMILES string of the molecule is Cc1c(C(=O)C(=O)O)c2cc(F)ccc2n1Cc1cccc(OC(F)(F)F)c1. The van der Waals surface area contributed by atoms with Crippen LogP contribution in [0.5, 0.6) is 5.75 Å². The average Bonchev–Trinajstić information content (AvgIpc) is 2.84. The second-order valence-electron chi connectivity index (χ2n) is 6.04. The van der Waals surface area contributed by atoms with Crippen LogP contribution in [0.1, 0.15) is 21.6 Å². The normalized spacial score (nSPS) is 11.6. The van der Waals surface area contributed by atoms with E-state index in [-0.39, 0.29) is 23.2 Å². The molecule has 28 heavy (non-hydrogen) atoms. The van der Waals surface area contributed by atoms with Crippen LogP contribution in [0.2, 0.25) is 0 Å². The number of carbonyl (C=O) groups excluding carboxylic acids is 1. The van der Waals surface area contributed by atoms with Gasteiger partial charge in [0.1, 0.15) is 11.6 Å². The predicted molar refractivity (Wildman–Crippen MR) is 90.8 cm³/mol. The number of alkyl halides is 3. The van der Waals surface area contributed by atoms with Crippen molar-refractivity contribution in [3.05, 3.63) is 65.1 Å². The maximum Gasteiger partial charge on any atom is 0.573 e. The van der Waals surface area contributed by atoms with Crippen LogP contribution in [0.3, 0.4) is 0 Å². The fourth-order valence-electron chi connectivity index (χ4n) is 3.08. The molecule has 1 heterocycles. The summed E-state index contributed by atoms with van der Waals surface area (Å²) in [6, 6.07) is 8.84. The summed E-state index contributed by atoms with van der Waals surface area (Å²) >= 11 is 0. The van der Waals surface area contributed by atoms with Crippen LogP contribution >= 0.6 is 0 Å². The van der Waals surface area contributed by atoms with Crippen molar-refractivity contribution < 1.29 is 37.0 Å². The van der Waals surface area contributed by atoms with Crippen molar-refractivity contribution in [2.75, 3.05) is 0 Å². The van der Waals surface area contributed by atoms with Gasteiger partial charge in [-0.15, -0.1) is 13.2 Å². The van der Waals surface area contributed by atoms with Crippen molar-refractivity contribution in [3.8, 4) is 5.75 Å². The lowest BCUT2D eigenvalue weighted by Gasteiger charge is -2.12. The van der Waals surface area contributed by atoms with E-state index in [0.29, 0.717) is 11.1 Å². The number of aromatic nitrogens is 1. The van der Waals surface area contributed by atoms with E-state index >= 15 is 0 Å². The van der Waals surface area contributed by atoms with Crippen LogP contribution in [-0.4, -0.2) is 27.8 Å². The number of ether oxygens (including phenoxy) is 1. The van der Waals surface area contributed by atoms with Gasteiger partial charge in [0, 0.05) is 23.1 Å². The number of nitrogens with zero attached hydrogens (tertiary/aromatic N) is 1. The van der Waals surface area contributed by atoms with Crippen molar-refractivity contribution in [3.63, 3.8) is 0 Å². The number of rotatable bonds is 5. The lowest BCUT2D eigenvalue weighted by molar-refractivity contribution is -0.274. The lowest BCUT2D eigenvalue weighted by Crippen LogP contribution is -2.17. The quantitative estimate of drug-likeness (QED) is 0.397. The molecule has 0 aliphatic carbocycles.